The fourth-order valence-electron chi connectivity index (χ4n) is 3.60. The molecule has 0 fully saturated rings. The lowest BCUT2D eigenvalue weighted by Gasteiger charge is -2.28. The molecule has 0 aliphatic carbocycles. The predicted molar refractivity (Wildman–Crippen MR) is 122 cm³/mol. The highest BCUT2D eigenvalue weighted by Crippen LogP contribution is 2.37. The highest BCUT2D eigenvalue weighted by molar-refractivity contribution is 6.03. The minimum Gasteiger partial charge on any atom is -0.489 e. The molecule has 3 aromatic rings. The zero-order chi connectivity index (χ0) is 22.1. The van der Waals surface area contributed by atoms with Gasteiger partial charge in [0.2, 0.25) is 0 Å². The van der Waals surface area contributed by atoms with Gasteiger partial charge in [0.05, 0.1) is 12.0 Å². The smallest absolute Gasteiger partial charge is 0.412 e. The van der Waals surface area contributed by atoms with Crippen LogP contribution in [-0.2, 0) is 6.54 Å². The summed E-state index contributed by atoms with van der Waals surface area (Å²) >= 11 is 0. The normalized spacial score (nSPS) is 11.8. The van der Waals surface area contributed by atoms with Crippen LogP contribution in [0.25, 0.3) is 21.5 Å². The molecular weight excluding hydrogens is 380 g/mol. The number of carboxylic acid groups (broad SMARTS) is 1. The van der Waals surface area contributed by atoms with Crippen molar-refractivity contribution in [1.29, 1.82) is 0 Å². The Bertz CT molecular complexity index is 1140. The van der Waals surface area contributed by atoms with Crippen LogP contribution < -0.4 is 15.2 Å². The van der Waals surface area contributed by atoms with Gasteiger partial charge in [0, 0.05) is 19.0 Å². The molecule has 1 N–H and O–H groups in total. The molecule has 0 aliphatic heterocycles. The summed E-state index contributed by atoms with van der Waals surface area (Å²) in [6.45, 7) is 8.95. The van der Waals surface area contributed by atoms with Crippen LogP contribution >= 0.6 is 0 Å². The number of ether oxygens (including phenoxy) is 1. The van der Waals surface area contributed by atoms with Gasteiger partial charge in [-0.1, -0.05) is 58.4 Å². The number of benzene rings is 2. The van der Waals surface area contributed by atoms with Crippen molar-refractivity contribution in [3.8, 4) is 5.75 Å². The lowest BCUT2D eigenvalue weighted by Crippen LogP contribution is -2.35. The van der Waals surface area contributed by atoms with E-state index < -0.39 is 6.09 Å². The molecule has 160 valence electrons. The van der Waals surface area contributed by atoms with Gasteiger partial charge in [0.15, 0.2) is 11.6 Å². The summed E-state index contributed by atoms with van der Waals surface area (Å²) in [5, 5.41) is 12.9. The minimum absolute atomic E-state index is 0.211. The molecule has 0 saturated heterocycles. The summed E-state index contributed by atoms with van der Waals surface area (Å²) in [7, 11) is 1.45. The molecule has 1 heterocycles. The first-order valence-electron chi connectivity index (χ1n) is 10.3. The molecular formula is C24H30N2O4. The molecule has 0 spiro atoms. The highest BCUT2D eigenvalue weighted by atomic mass is 16.5. The van der Waals surface area contributed by atoms with E-state index in [0.29, 0.717) is 29.7 Å². The average molecular weight is 411 g/mol. The number of amides is 1. The molecule has 0 aliphatic rings. The van der Waals surface area contributed by atoms with E-state index in [1.54, 1.807) is 4.57 Å². The Balaban J connectivity index is 2.44. The Morgan fingerprint density at radius 2 is 1.73 bits per heavy atom. The third kappa shape index (κ3) is 4.27. The third-order valence-corrected chi connectivity index (χ3v) is 5.05. The van der Waals surface area contributed by atoms with E-state index in [0.717, 1.165) is 28.5 Å². The van der Waals surface area contributed by atoms with Crippen molar-refractivity contribution in [1.82, 2.24) is 4.57 Å². The molecule has 0 unspecified atom stereocenters. The van der Waals surface area contributed by atoms with Crippen molar-refractivity contribution in [3.63, 3.8) is 0 Å². The quantitative estimate of drug-likeness (QED) is 0.431. The Morgan fingerprint density at radius 1 is 1.13 bits per heavy atom. The lowest BCUT2D eigenvalue weighted by molar-refractivity contribution is 0.202. The van der Waals surface area contributed by atoms with Gasteiger partial charge in [0.25, 0.3) is 5.56 Å². The highest BCUT2D eigenvalue weighted by Gasteiger charge is 2.27. The first kappa shape index (κ1) is 21.7. The average Bonchev–Trinajstić information content (AvgIpc) is 2.68. The van der Waals surface area contributed by atoms with Gasteiger partial charge in [0.1, 0.15) is 0 Å². The first-order valence-corrected chi connectivity index (χ1v) is 10.3. The summed E-state index contributed by atoms with van der Waals surface area (Å²) in [6, 6.07) is 11.6. The van der Waals surface area contributed by atoms with E-state index in [-0.39, 0.29) is 16.8 Å². The third-order valence-electron chi connectivity index (χ3n) is 5.05. The lowest BCUT2D eigenvalue weighted by atomic mass is 9.96. The molecule has 2 aromatic carbocycles. The molecule has 0 bridgehead atoms. The zero-order valence-corrected chi connectivity index (χ0v) is 18.4. The zero-order valence-electron chi connectivity index (χ0n) is 18.4. The van der Waals surface area contributed by atoms with Gasteiger partial charge in [-0.3, -0.25) is 14.3 Å². The number of hydrogen-bond donors (Lipinski definition) is 1. The maximum Gasteiger partial charge on any atom is 0.412 e. The van der Waals surface area contributed by atoms with Crippen molar-refractivity contribution < 1.29 is 14.6 Å². The van der Waals surface area contributed by atoms with Crippen LogP contribution in [0.4, 0.5) is 10.6 Å². The van der Waals surface area contributed by atoms with Crippen LogP contribution in [0.5, 0.6) is 5.75 Å². The molecule has 30 heavy (non-hydrogen) atoms. The number of carbonyl (C=O) groups is 1. The van der Waals surface area contributed by atoms with Crippen molar-refractivity contribution in [2.45, 2.75) is 47.1 Å². The molecule has 6 heteroatoms. The monoisotopic (exact) mass is 410 g/mol. The molecule has 1 amide bonds. The number of pyridine rings is 1. The van der Waals surface area contributed by atoms with E-state index in [9.17, 15) is 14.7 Å². The summed E-state index contributed by atoms with van der Waals surface area (Å²) in [6.07, 6.45) is 0.647. The first-order chi connectivity index (χ1) is 14.1. The second-order valence-corrected chi connectivity index (χ2v) is 8.89. The maximum absolute atomic E-state index is 13.6. The minimum atomic E-state index is -1.14. The molecule has 6 nitrogen and oxygen atoms in total. The fourth-order valence-corrected chi connectivity index (χ4v) is 3.60. The van der Waals surface area contributed by atoms with E-state index >= 15 is 0 Å². The van der Waals surface area contributed by atoms with Crippen LogP contribution in [-0.4, -0.2) is 29.4 Å². The van der Waals surface area contributed by atoms with Crippen LogP contribution in [0.2, 0.25) is 0 Å². The number of anilines is 1. The number of fused-ring (bicyclic) bond motifs is 2. The van der Waals surface area contributed by atoms with Gasteiger partial charge in [-0.25, -0.2) is 4.79 Å². The summed E-state index contributed by atoms with van der Waals surface area (Å²) in [4.78, 5) is 26.6. The van der Waals surface area contributed by atoms with E-state index in [4.69, 9.17) is 4.74 Å². The van der Waals surface area contributed by atoms with Crippen molar-refractivity contribution in [3.05, 3.63) is 46.8 Å². The molecule has 0 atom stereocenters. The van der Waals surface area contributed by atoms with Gasteiger partial charge < -0.3 is 9.84 Å². The van der Waals surface area contributed by atoms with Gasteiger partial charge in [-0.15, -0.1) is 0 Å². The fraction of sp³-hybridized carbons (Fsp3) is 0.417. The number of aromatic nitrogens is 1. The van der Waals surface area contributed by atoms with Crippen molar-refractivity contribution in [2.24, 2.45) is 5.41 Å². The predicted octanol–water partition coefficient (Wildman–Crippen LogP) is 5.49. The van der Waals surface area contributed by atoms with Gasteiger partial charge in [-0.05, 0) is 34.7 Å². The van der Waals surface area contributed by atoms with Gasteiger partial charge in [-0.2, -0.15) is 0 Å². The van der Waals surface area contributed by atoms with Crippen molar-refractivity contribution >= 4 is 33.5 Å². The number of unbranched alkanes of at least 4 members (excludes halogenated alkanes) is 1. The molecule has 3 rings (SSSR count). The second kappa shape index (κ2) is 8.38. The Hall–Kier alpha value is -3.02. The molecule has 0 saturated carbocycles. The standard InChI is InChI=1S/C24H30N2O4/c1-6-7-12-30-20-18-13-16-10-8-9-11-17(16)14-19(18)22(27)26(15-24(2,3)4)21(20)25(5)23(28)29/h8-11,13-14H,6-7,12,15H2,1-5H3,(H,28,29). The van der Waals surface area contributed by atoms with Crippen LogP contribution in [0.3, 0.4) is 0 Å². The van der Waals surface area contributed by atoms with E-state index in [1.165, 1.54) is 7.05 Å². The number of nitrogens with zero attached hydrogens (tertiary/aromatic N) is 2. The van der Waals surface area contributed by atoms with E-state index in [2.05, 4.69) is 6.92 Å². The topological polar surface area (TPSA) is 71.8 Å². The Kier molecular flexibility index (Phi) is 6.06. The van der Waals surface area contributed by atoms with Crippen LogP contribution in [0, 0.1) is 5.41 Å². The van der Waals surface area contributed by atoms with Crippen LogP contribution in [0.15, 0.2) is 41.2 Å². The summed E-state index contributed by atoms with van der Waals surface area (Å²) < 4.78 is 7.70. The van der Waals surface area contributed by atoms with Crippen molar-refractivity contribution in [2.75, 3.05) is 18.6 Å². The summed E-state index contributed by atoms with van der Waals surface area (Å²) in [5.41, 5.74) is -0.444. The maximum atomic E-state index is 13.6. The molecule has 1 aromatic heterocycles. The largest absolute Gasteiger partial charge is 0.489 e. The number of rotatable bonds is 6. The molecule has 0 radical (unpaired) electrons. The van der Waals surface area contributed by atoms with Gasteiger partial charge >= 0.3 is 6.09 Å². The summed E-state index contributed by atoms with van der Waals surface area (Å²) in [5.74, 6) is 0.722. The number of hydrogen-bond acceptors (Lipinski definition) is 3. The Morgan fingerprint density at radius 3 is 2.27 bits per heavy atom. The Labute approximate surface area is 176 Å². The van der Waals surface area contributed by atoms with E-state index in [1.807, 2.05) is 57.2 Å². The SMILES string of the molecule is CCCCOc1c(N(C)C(=O)O)n(CC(C)(C)C)c(=O)c2cc3ccccc3cc12. The second-order valence-electron chi connectivity index (χ2n) is 8.89. The van der Waals surface area contributed by atoms with Crippen LogP contribution in [0.1, 0.15) is 40.5 Å².